The summed E-state index contributed by atoms with van der Waals surface area (Å²) < 4.78 is 0. The molecule has 2 rings (SSSR count). The first-order chi connectivity index (χ1) is 8.09. The molecule has 1 aliphatic heterocycles. The number of fused-ring (bicyclic) bond motifs is 1. The van der Waals surface area contributed by atoms with Crippen LogP contribution in [0.25, 0.3) is 0 Å². The maximum absolute atomic E-state index is 12.2. The van der Waals surface area contributed by atoms with E-state index >= 15 is 0 Å². The Morgan fingerprint density at radius 2 is 2.18 bits per heavy atom. The van der Waals surface area contributed by atoms with E-state index in [-0.39, 0.29) is 18.1 Å². The van der Waals surface area contributed by atoms with Gasteiger partial charge in [-0.25, -0.2) is 4.79 Å². The van der Waals surface area contributed by atoms with E-state index in [9.17, 15) is 4.79 Å². The zero-order chi connectivity index (χ0) is 12.4. The number of thioether (sulfide) groups is 1. The number of amides is 2. The number of nitrogens with one attached hydrogen (secondary N) is 1. The Bertz CT molecular complexity index is 420. The second-order valence-corrected chi connectivity index (χ2v) is 5.66. The third kappa shape index (κ3) is 2.57. The highest BCUT2D eigenvalue weighted by atomic mass is 32.2. The quantitative estimate of drug-likeness (QED) is 0.830. The number of hydrogen-bond acceptors (Lipinski definition) is 2. The van der Waals surface area contributed by atoms with Crippen LogP contribution in [0.1, 0.15) is 20.8 Å². The van der Waals surface area contributed by atoms with Crippen LogP contribution in [0.3, 0.4) is 0 Å². The van der Waals surface area contributed by atoms with Crippen LogP contribution in [0, 0.1) is 0 Å². The largest absolute Gasteiger partial charge is 0.336 e. The van der Waals surface area contributed by atoms with Crippen LogP contribution in [-0.2, 0) is 0 Å². The molecule has 0 spiro atoms. The van der Waals surface area contributed by atoms with Crippen LogP contribution >= 0.6 is 11.8 Å². The molecule has 0 saturated heterocycles. The molecule has 1 aromatic rings. The van der Waals surface area contributed by atoms with Crippen LogP contribution in [0.4, 0.5) is 10.5 Å². The van der Waals surface area contributed by atoms with Gasteiger partial charge in [-0.05, 0) is 32.9 Å². The lowest BCUT2D eigenvalue weighted by atomic mass is 10.2. The lowest BCUT2D eigenvalue weighted by molar-refractivity contribution is 0.242. The molecular weight excluding hydrogens is 232 g/mol. The standard InChI is InChI=1S/C13H18N2OS/c1-9(2)14-13(16)15-10(3)8-17-12-7-5-4-6-11(12)15/h4-7,9-10H,8H2,1-3H3,(H,14,16). The summed E-state index contributed by atoms with van der Waals surface area (Å²) in [6, 6.07) is 8.47. The van der Waals surface area contributed by atoms with Crippen LogP contribution in [-0.4, -0.2) is 23.9 Å². The van der Waals surface area contributed by atoms with Crippen molar-refractivity contribution >= 4 is 23.5 Å². The van der Waals surface area contributed by atoms with Crippen LogP contribution in [0.15, 0.2) is 29.2 Å². The molecule has 1 N–H and O–H groups in total. The van der Waals surface area contributed by atoms with E-state index in [0.29, 0.717) is 0 Å². The summed E-state index contributed by atoms with van der Waals surface area (Å²) in [6.45, 7) is 6.04. The van der Waals surface area contributed by atoms with Gasteiger partial charge in [-0.15, -0.1) is 11.8 Å². The summed E-state index contributed by atoms with van der Waals surface area (Å²) in [4.78, 5) is 15.2. The van der Waals surface area contributed by atoms with Gasteiger partial charge in [-0.1, -0.05) is 12.1 Å². The molecule has 0 radical (unpaired) electrons. The van der Waals surface area contributed by atoms with Crippen molar-refractivity contribution in [1.29, 1.82) is 0 Å². The molecular formula is C13H18N2OS. The number of carbonyl (C=O) groups excluding carboxylic acids is 1. The van der Waals surface area contributed by atoms with Crippen molar-refractivity contribution in [3.63, 3.8) is 0 Å². The SMILES string of the molecule is CC(C)NC(=O)N1c2ccccc2SCC1C. The summed E-state index contributed by atoms with van der Waals surface area (Å²) in [5.74, 6) is 0.947. The van der Waals surface area contributed by atoms with Gasteiger partial charge in [-0.2, -0.15) is 0 Å². The van der Waals surface area contributed by atoms with Crippen LogP contribution in [0.5, 0.6) is 0 Å². The predicted octanol–water partition coefficient (Wildman–Crippen LogP) is 3.11. The van der Waals surface area contributed by atoms with Gasteiger partial charge in [0, 0.05) is 22.7 Å². The van der Waals surface area contributed by atoms with E-state index in [4.69, 9.17) is 0 Å². The van der Waals surface area contributed by atoms with Crippen molar-refractivity contribution in [2.45, 2.75) is 37.8 Å². The Labute approximate surface area is 107 Å². The number of benzene rings is 1. The molecule has 1 atom stereocenters. The molecule has 1 unspecified atom stereocenters. The number of urea groups is 1. The maximum atomic E-state index is 12.2. The Morgan fingerprint density at radius 3 is 2.88 bits per heavy atom. The van der Waals surface area contributed by atoms with E-state index in [2.05, 4.69) is 18.3 Å². The number of rotatable bonds is 1. The fourth-order valence-electron chi connectivity index (χ4n) is 1.93. The Morgan fingerprint density at radius 1 is 1.47 bits per heavy atom. The van der Waals surface area contributed by atoms with Gasteiger partial charge in [-0.3, -0.25) is 4.90 Å². The van der Waals surface area contributed by atoms with Gasteiger partial charge in [0.2, 0.25) is 0 Å². The van der Waals surface area contributed by atoms with Crippen molar-refractivity contribution in [2.24, 2.45) is 0 Å². The molecule has 0 aliphatic carbocycles. The van der Waals surface area contributed by atoms with Crippen molar-refractivity contribution in [2.75, 3.05) is 10.7 Å². The third-order valence-corrected chi connectivity index (χ3v) is 3.98. The van der Waals surface area contributed by atoms with E-state index < -0.39 is 0 Å². The first kappa shape index (κ1) is 12.3. The van der Waals surface area contributed by atoms with E-state index in [1.54, 1.807) is 0 Å². The monoisotopic (exact) mass is 250 g/mol. The molecule has 2 amide bonds. The lowest BCUT2D eigenvalue weighted by Gasteiger charge is -2.35. The zero-order valence-corrected chi connectivity index (χ0v) is 11.3. The highest BCUT2D eigenvalue weighted by molar-refractivity contribution is 7.99. The molecule has 4 heteroatoms. The molecule has 1 heterocycles. The normalized spacial score (nSPS) is 19.1. The second kappa shape index (κ2) is 5.00. The fraction of sp³-hybridized carbons (Fsp3) is 0.462. The average Bonchev–Trinajstić information content (AvgIpc) is 2.27. The highest BCUT2D eigenvalue weighted by Crippen LogP contribution is 2.37. The highest BCUT2D eigenvalue weighted by Gasteiger charge is 2.28. The van der Waals surface area contributed by atoms with Crippen molar-refractivity contribution in [3.05, 3.63) is 24.3 Å². The number of nitrogens with zero attached hydrogens (tertiary/aromatic N) is 1. The molecule has 17 heavy (non-hydrogen) atoms. The molecule has 3 nitrogen and oxygen atoms in total. The summed E-state index contributed by atoms with van der Waals surface area (Å²) in [5.41, 5.74) is 1.02. The second-order valence-electron chi connectivity index (χ2n) is 4.60. The van der Waals surface area contributed by atoms with Gasteiger partial charge >= 0.3 is 6.03 Å². The van der Waals surface area contributed by atoms with Gasteiger partial charge in [0.05, 0.1) is 5.69 Å². The first-order valence-electron chi connectivity index (χ1n) is 5.91. The molecule has 0 fully saturated rings. The zero-order valence-electron chi connectivity index (χ0n) is 10.4. The van der Waals surface area contributed by atoms with Crippen LogP contribution in [0.2, 0.25) is 0 Å². The molecule has 0 saturated carbocycles. The molecule has 0 aromatic heterocycles. The molecule has 0 bridgehead atoms. The first-order valence-corrected chi connectivity index (χ1v) is 6.89. The Hall–Kier alpha value is -1.16. The van der Waals surface area contributed by atoms with Crippen molar-refractivity contribution in [3.8, 4) is 0 Å². The molecule has 92 valence electrons. The third-order valence-electron chi connectivity index (χ3n) is 2.68. The van der Waals surface area contributed by atoms with Gasteiger partial charge < -0.3 is 5.32 Å². The fourth-order valence-corrected chi connectivity index (χ4v) is 2.99. The minimum atomic E-state index is 0.000231. The molecule has 1 aliphatic rings. The number of para-hydroxylation sites is 1. The van der Waals surface area contributed by atoms with Crippen molar-refractivity contribution in [1.82, 2.24) is 5.32 Å². The number of hydrogen-bond donors (Lipinski definition) is 1. The smallest absolute Gasteiger partial charge is 0.322 e. The Kier molecular flexibility index (Phi) is 3.62. The number of anilines is 1. The van der Waals surface area contributed by atoms with Crippen LogP contribution < -0.4 is 10.2 Å². The van der Waals surface area contributed by atoms with E-state index in [1.165, 1.54) is 4.90 Å². The minimum Gasteiger partial charge on any atom is -0.336 e. The van der Waals surface area contributed by atoms with Gasteiger partial charge in [0.15, 0.2) is 0 Å². The van der Waals surface area contributed by atoms with Gasteiger partial charge in [0.1, 0.15) is 0 Å². The average molecular weight is 250 g/mol. The number of carbonyl (C=O) groups is 1. The van der Waals surface area contributed by atoms with E-state index in [0.717, 1.165) is 11.4 Å². The summed E-state index contributed by atoms with van der Waals surface area (Å²) in [7, 11) is 0. The van der Waals surface area contributed by atoms with Crippen molar-refractivity contribution < 1.29 is 4.79 Å². The topological polar surface area (TPSA) is 32.3 Å². The Balaban J connectivity index is 2.29. The summed E-state index contributed by atoms with van der Waals surface area (Å²) >= 11 is 1.82. The van der Waals surface area contributed by atoms with E-state index in [1.807, 2.05) is 48.7 Å². The summed E-state index contributed by atoms with van der Waals surface area (Å²) in [6.07, 6.45) is 0. The maximum Gasteiger partial charge on any atom is 0.322 e. The van der Waals surface area contributed by atoms with Gasteiger partial charge in [0.25, 0.3) is 0 Å². The lowest BCUT2D eigenvalue weighted by Crippen LogP contribution is -2.49. The predicted molar refractivity (Wildman–Crippen MR) is 72.8 cm³/mol. The minimum absolute atomic E-state index is 0.000231. The molecule has 1 aromatic carbocycles. The summed E-state index contributed by atoms with van der Waals surface area (Å²) in [5, 5.41) is 2.96.